The van der Waals surface area contributed by atoms with E-state index in [1.807, 2.05) is 4.90 Å². The van der Waals surface area contributed by atoms with Gasteiger partial charge in [0.2, 0.25) is 5.91 Å². The fraction of sp³-hybridized carbons (Fsp3) is 0.857. The maximum atomic E-state index is 11.3. The number of piperidine rings is 1. The fourth-order valence-electron chi connectivity index (χ4n) is 3.26. The molecule has 0 bridgehead atoms. The first-order valence-corrected chi connectivity index (χ1v) is 7.30. The van der Waals surface area contributed by atoms with E-state index >= 15 is 0 Å². The lowest BCUT2D eigenvalue weighted by atomic mass is 9.85. The number of nitrogens with one attached hydrogen (secondary N) is 1. The Labute approximate surface area is 114 Å². The van der Waals surface area contributed by atoms with Crippen LogP contribution in [-0.4, -0.2) is 47.1 Å². The molecule has 0 radical (unpaired) electrons. The molecule has 108 valence electrons. The van der Waals surface area contributed by atoms with Gasteiger partial charge in [-0.2, -0.15) is 0 Å². The number of carbonyl (C=O) groups is 2. The molecule has 1 amide bonds. The summed E-state index contributed by atoms with van der Waals surface area (Å²) in [6.07, 6.45) is 5.61. The maximum absolute atomic E-state index is 11.3. The predicted octanol–water partition coefficient (Wildman–Crippen LogP) is 1.23. The van der Waals surface area contributed by atoms with Crippen LogP contribution in [0.5, 0.6) is 0 Å². The number of carboxylic acids is 1. The average molecular weight is 268 g/mol. The van der Waals surface area contributed by atoms with E-state index in [0.717, 1.165) is 51.6 Å². The number of aliphatic carboxylic acids is 1. The zero-order valence-corrected chi connectivity index (χ0v) is 11.6. The minimum absolute atomic E-state index is 0.155. The third-order valence-electron chi connectivity index (χ3n) is 4.44. The smallest absolute Gasteiger partial charge is 0.306 e. The Bertz CT molecular complexity index is 338. The monoisotopic (exact) mass is 268 g/mol. The van der Waals surface area contributed by atoms with Crippen LogP contribution in [-0.2, 0) is 9.59 Å². The number of amides is 1. The van der Waals surface area contributed by atoms with Crippen molar-refractivity contribution < 1.29 is 14.7 Å². The van der Waals surface area contributed by atoms with Gasteiger partial charge in [0.1, 0.15) is 0 Å². The minimum Gasteiger partial charge on any atom is -0.481 e. The van der Waals surface area contributed by atoms with Gasteiger partial charge < -0.3 is 15.3 Å². The molecular weight excluding hydrogens is 244 g/mol. The molecule has 5 nitrogen and oxygen atoms in total. The number of rotatable bonds is 3. The van der Waals surface area contributed by atoms with Crippen molar-refractivity contribution in [1.29, 1.82) is 0 Å². The van der Waals surface area contributed by atoms with Crippen molar-refractivity contribution in [2.45, 2.75) is 57.5 Å². The Morgan fingerprint density at radius 1 is 1.11 bits per heavy atom. The molecule has 2 unspecified atom stereocenters. The molecule has 1 aliphatic heterocycles. The highest BCUT2D eigenvalue weighted by molar-refractivity contribution is 5.73. The minimum atomic E-state index is -0.655. The SMILES string of the molecule is CC(=O)N1CCC(NC2CCCC(C(=O)O)C2)CC1. The van der Waals surface area contributed by atoms with Gasteiger partial charge in [0.05, 0.1) is 5.92 Å². The Balaban J connectivity index is 1.76. The Morgan fingerprint density at radius 2 is 1.79 bits per heavy atom. The molecular formula is C14H24N2O3. The lowest BCUT2D eigenvalue weighted by Crippen LogP contribution is -2.48. The van der Waals surface area contributed by atoms with Gasteiger partial charge in [0.15, 0.2) is 0 Å². The summed E-state index contributed by atoms with van der Waals surface area (Å²) in [4.78, 5) is 24.2. The zero-order valence-electron chi connectivity index (χ0n) is 11.6. The summed E-state index contributed by atoms with van der Waals surface area (Å²) in [6, 6.07) is 0.775. The van der Waals surface area contributed by atoms with Gasteiger partial charge in [-0.15, -0.1) is 0 Å². The summed E-state index contributed by atoms with van der Waals surface area (Å²) in [5, 5.41) is 12.7. The Morgan fingerprint density at radius 3 is 2.37 bits per heavy atom. The number of nitrogens with zero attached hydrogens (tertiary/aromatic N) is 1. The van der Waals surface area contributed by atoms with Gasteiger partial charge >= 0.3 is 5.97 Å². The molecule has 2 atom stereocenters. The third kappa shape index (κ3) is 3.93. The molecule has 1 saturated carbocycles. The van der Waals surface area contributed by atoms with Gasteiger partial charge in [-0.3, -0.25) is 9.59 Å². The van der Waals surface area contributed by atoms with Crippen LogP contribution in [0.25, 0.3) is 0 Å². The van der Waals surface area contributed by atoms with Crippen LogP contribution in [0.2, 0.25) is 0 Å². The van der Waals surface area contributed by atoms with Crippen molar-refractivity contribution in [2.24, 2.45) is 5.92 Å². The van der Waals surface area contributed by atoms with Crippen LogP contribution in [0.1, 0.15) is 45.4 Å². The van der Waals surface area contributed by atoms with Crippen molar-refractivity contribution in [3.05, 3.63) is 0 Å². The van der Waals surface area contributed by atoms with Crippen molar-refractivity contribution in [1.82, 2.24) is 10.2 Å². The summed E-state index contributed by atoms with van der Waals surface area (Å²) in [5.41, 5.74) is 0. The highest BCUT2D eigenvalue weighted by Crippen LogP contribution is 2.25. The summed E-state index contributed by atoms with van der Waals surface area (Å²) in [5.74, 6) is -0.677. The molecule has 1 aliphatic carbocycles. The van der Waals surface area contributed by atoms with Crippen LogP contribution < -0.4 is 5.32 Å². The van der Waals surface area contributed by atoms with Gasteiger partial charge in [0.25, 0.3) is 0 Å². The summed E-state index contributed by atoms with van der Waals surface area (Å²) in [6.45, 7) is 3.26. The molecule has 19 heavy (non-hydrogen) atoms. The normalized spacial score (nSPS) is 29.2. The lowest BCUT2D eigenvalue weighted by molar-refractivity contribution is -0.143. The highest BCUT2D eigenvalue weighted by atomic mass is 16.4. The van der Waals surface area contributed by atoms with E-state index in [2.05, 4.69) is 5.32 Å². The third-order valence-corrected chi connectivity index (χ3v) is 4.44. The largest absolute Gasteiger partial charge is 0.481 e. The molecule has 2 rings (SSSR count). The van der Waals surface area contributed by atoms with Crippen molar-refractivity contribution in [2.75, 3.05) is 13.1 Å². The standard InChI is InChI=1S/C14H24N2O3/c1-10(17)16-7-5-12(6-8-16)15-13-4-2-3-11(9-13)14(18)19/h11-13,15H,2-9H2,1H3,(H,18,19). The molecule has 0 aromatic rings. The molecule has 2 N–H and O–H groups in total. The van der Waals surface area contributed by atoms with E-state index in [1.54, 1.807) is 6.92 Å². The van der Waals surface area contributed by atoms with Gasteiger partial charge in [-0.1, -0.05) is 6.42 Å². The van der Waals surface area contributed by atoms with Crippen molar-refractivity contribution in [3.63, 3.8) is 0 Å². The Hall–Kier alpha value is -1.10. The first-order valence-electron chi connectivity index (χ1n) is 7.30. The average Bonchev–Trinajstić information content (AvgIpc) is 2.39. The maximum Gasteiger partial charge on any atom is 0.306 e. The van der Waals surface area contributed by atoms with E-state index in [-0.39, 0.29) is 11.8 Å². The molecule has 0 aromatic heterocycles. The van der Waals surface area contributed by atoms with Crippen LogP contribution >= 0.6 is 0 Å². The second-order valence-corrected chi connectivity index (χ2v) is 5.85. The van der Waals surface area contributed by atoms with E-state index in [0.29, 0.717) is 12.1 Å². The molecule has 1 heterocycles. The molecule has 2 fully saturated rings. The molecule has 5 heteroatoms. The quantitative estimate of drug-likeness (QED) is 0.807. The molecule has 0 aromatic carbocycles. The van der Waals surface area contributed by atoms with Crippen LogP contribution in [0.3, 0.4) is 0 Å². The lowest BCUT2D eigenvalue weighted by Gasteiger charge is -2.36. The molecule has 1 saturated heterocycles. The highest BCUT2D eigenvalue weighted by Gasteiger charge is 2.29. The van der Waals surface area contributed by atoms with Gasteiger partial charge in [-0.25, -0.2) is 0 Å². The summed E-state index contributed by atoms with van der Waals surface area (Å²) in [7, 11) is 0. The summed E-state index contributed by atoms with van der Waals surface area (Å²) >= 11 is 0. The van der Waals surface area contributed by atoms with E-state index in [1.165, 1.54) is 0 Å². The van der Waals surface area contributed by atoms with Gasteiger partial charge in [-0.05, 0) is 32.1 Å². The second kappa shape index (κ2) is 6.37. The number of carbonyl (C=O) groups excluding carboxylic acids is 1. The van der Waals surface area contributed by atoms with Crippen LogP contribution in [0, 0.1) is 5.92 Å². The second-order valence-electron chi connectivity index (χ2n) is 5.85. The van der Waals surface area contributed by atoms with Crippen molar-refractivity contribution >= 4 is 11.9 Å². The number of likely N-dealkylation sites (tertiary alicyclic amines) is 1. The zero-order chi connectivity index (χ0) is 13.8. The topological polar surface area (TPSA) is 69.6 Å². The summed E-state index contributed by atoms with van der Waals surface area (Å²) < 4.78 is 0. The van der Waals surface area contributed by atoms with Crippen molar-refractivity contribution in [3.8, 4) is 0 Å². The van der Waals surface area contributed by atoms with E-state index < -0.39 is 5.97 Å². The molecule has 2 aliphatic rings. The predicted molar refractivity (Wildman–Crippen MR) is 71.8 cm³/mol. The number of hydrogen-bond donors (Lipinski definition) is 2. The van der Waals surface area contributed by atoms with Crippen LogP contribution in [0.15, 0.2) is 0 Å². The number of hydrogen-bond acceptors (Lipinski definition) is 3. The fourth-order valence-corrected chi connectivity index (χ4v) is 3.26. The van der Waals surface area contributed by atoms with E-state index in [9.17, 15) is 9.59 Å². The first-order chi connectivity index (χ1) is 9.06. The first kappa shape index (κ1) is 14.3. The Kier molecular flexibility index (Phi) is 4.80. The van der Waals surface area contributed by atoms with E-state index in [4.69, 9.17) is 5.11 Å². The van der Waals surface area contributed by atoms with Gasteiger partial charge in [0, 0.05) is 32.1 Å². The molecule has 0 spiro atoms. The number of carboxylic acid groups (broad SMARTS) is 1. The van der Waals surface area contributed by atoms with Crippen LogP contribution in [0.4, 0.5) is 0 Å².